The van der Waals surface area contributed by atoms with Crippen molar-refractivity contribution in [3.63, 3.8) is 0 Å². The lowest BCUT2D eigenvalue weighted by Crippen LogP contribution is -2.50. The number of carbonyl (C=O) groups is 2. The number of halogens is 3. The minimum Gasteiger partial charge on any atom is -0.354 e. The highest BCUT2D eigenvalue weighted by Gasteiger charge is 2.29. The van der Waals surface area contributed by atoms with Gasteiger partial charge in [0, 0.05) is 13.1 Å². The standard InChI is InChI=1S/C20H28F2N4O2.ClH/c1-13(19(27)25-18-15(21)6-2-7-16(18)22)26-10-4-5-14(12-26)11-24-20(28)17-8-3-9-23-17;/h2,6-7,13-14,17,23H,3-5,8-12H2,1H3,(H,24,28)(H,25,27);1H. The van der Waals surface area contributed by atoms with Gasteiger partial charge in [0.2, 0.25) is 11.8 Å². The summed E-state index contributed by atoms with van der Waals surface area (Å²) >= 11 is 0. The van der Waals surface area contributed by atoms with Gasteiger partial charge in [-0.1, -0.05) is 6.07 Å². The van der Waals surface area contributed by atoms with E-state index in [-0.39, 0.29) is 30.3 Å². The highest BCUT2D eigenvalue weighted by Crippen LogP contribution is 2.21. The van der Waals surface area contributed by atoms with Crippen LogP contribution in [-0.4, -0.2) is 55.0 Å². The molecule has 0 spiro atoms. The van der Waals surface area contributed by atoms with Crippen LogP contribution in [0.15, 0.2) is 18.2 Å². The van der Waals surface area contributed by atoms with Gasteiger partial charge in [0.1, 0.15) is 17.3 Å². The van der Waals surface area contributed by atoms with Crippen LogP contribution in [0.3, 0.4) is 0 Å². The Balaban J connectivity index is 0.00000300. The molecular weight excluding hydrogens is 402 g/mol. The van der Waals surface area contributed by atoms with Crippen molar-refractivity contribution in [2.45, 2.75) is 44.7 Å². The van der Waals surface area contributed by atoms with Crippen LogP contribution in [0.2, 0.25) is 0 Å². The first-order valence-electron chi connectivity index (χ1n) is 9.95. The van der Waals surface area contributed by atoms with Crippen molar-refractivity contribution >= 4 is 29.9 Å². The van der Waals surface area contributed by atoms with Gasteiger partial charge in [0.05, 0.1) is 12.1 Å². The molecule has 162 valence electrons. The topological polar surface area (TPSA) is 73.5 Å². The smallest absolute Gasteiger partial charge is 0.241 e. The normalized spacial score (nSPS) is 23.1. The van der Waals surface area contributed by atoms with Crippen molar-refractivity contribution in [3.05, 3.63) is 29.8 Å². The summed E-state index contributed by atoms with van der Waals surface area (Å²) in [6.45, 7) is 4.58. The maximum absolute atomic E-state index is 13.8. The largest absolute Gasteiger partial charge is 0.354 e. The van der Waals surface area contributed by atoms with Crippen molar-refractivity contribution in [1.29, 1.82) is 0 Å². The van der Waals surface area contributed by atoms with Crippen molar-refractivity contribution in [1.82, 2.24) is 15.5 Å². The Morgan fingerprint density at radius 1 is 1.24 bits per heavy atom. The maximum Gasteiger partial charge on any atom is 0.241 e. The number of piperidine rings is 1. The van der Waals surface area contributed by atoms with Crippen LogP contribution in [0.5, 0.6) is 0 Å². The van der Waals surface area contributed by atoms with Crippen molar-refractivity contribution in [2.75, 3.05) is 31.5 Å². The van der Waals surface area contributed by atoms with Gasteiger partial charge in [-0.05, 0) is 63.7 Å². The van der Waals surface area contributed by atoms with E-state index in [9.17, 15) is 18.4 Å². The van der Waals surface area contributed by atoms with E-state index < -0.39 is 29.3 Å². The first kappa shape index (κ1) is 23.5. The number of rotatable bonds is 6. The Morgan fingerprint density at radius 3 is 2.62 bits per heavy atom. The van der Waals surface area contributed by atoms with Gasteiger partial charge >= 0.3 is 0 Å². The highest BCUT2D eigenvalue weighted by molar-refractivity contribution is 5.94. The van der Waals surface area contributed by atoms with E-state index in [4.69, 9.17) is 0 Å². The van der Waals surface area contributed by atoms with Crippen LogP contribution in [0.4, 0.5) is 14.5 Å². The average Bonchev–Trinajstić information content (AvgIpc) is 3.23. The molecule has 0 aliphatic carbocycles. The molecule has 2 aliphatic rings. The van der Waals surface area contributed by atoms with E-state index >= 15 is 0 Å². The van der Waals surface area contributed by atoms with E-state index in [2.05, 4.69) is 16.0 Å². The molecule has 0 radical (unpaired) electrons. The van der Waals surface area contributed by atoms with Gasteiger partial charge < -0.3 is 16.0 Å². The number of anilines is 1. The Morgan fingerprint density at radius 2 is 1.97 bits per heavy atom. The summed E-state index contributed by atoms with van der Waals surface area (Å²) in [5.74, 6) is -1.74. The predicted octanol–water partition coefficient (Wildman–Crippen LogP) is 2.29. The fraction of sp³-hybridized carbons (Fsp3) is 0.600. The summed E-state index contributed by atoms with van der Waals surface area (Å²) in [7, 11) is 0. The van der Waals surface area contributed by atoms with E-state index in [1.807, 2.05) is 4.90 Å². The van der Waals surface area contributed by atoms with Crippen LogP contribution in [0.25, 0.3) is 0 Å². The lowest BCUT2D eigenvalue weighted by atomic mass is 9.96. The van der Waals surface area contributed by atoms with Gasteiger partial charge in [0.15, 0.2) is 0 Å². The van der Waals surface area contributed by atoms with Gasteiger partial charge in [-0.15, -0.1) is 12.4 Å². The molecule has 3 N–H and O–H groups in total. The molecule has 2 heterocycles. The average molecular weight is 431 g/mol. The predicted molar refractivity (Wildman–Crippen MR) is 110 cm³/mol. The third kappa shape index (κ3) is 6.10. The zero-order chi connectivity index (χ0) is 20.1. The van der Waals surface area contributed by atoms with E-state index in [1.165, 1.54) is 6.07 Å². The molecular formula is C20H29ClF2N4O2. The van der Waals surface area contributed by atoms with E-state index in [1.54, 1.807) is 6.92 Å². The number of carbonyl (C=O) groups excluding carboxylic acids is 2. The van der Waals surface area contributed by atoms with E-state index in [0.717, 1.165) is 50.9 Å². The molecule has 3 rings (SSSR count). The molecule has 3 atom stereocenters. The highest BCUT2D eigenvalue weighted by atomic mass is 35.5. The molecule has 2 fully saturated rings. The molecule has 0 saturated carbocycles. The van der Waals surface area contributed by atoms with Gasteiger partial charge in [-0.3, -0.25) is 14.5 Å². The van der Waals surface area contributed by atoms with Crippen molar-refractivity contribution in [2.24, 2.45) is 5.92 Å². The summed E-state index contributed by atoms with van der Waals surface area (Å²) in [5.41, 5.74) is -0.413. The monoisotopic (exact) mass is 430 g/mol. The minimum atomic E-state index is -0.791. The van der Waals surface area contributed by atoms with Crippen LogP contribution < -0.4 is 16.0 Å². The second-order valence-corrected chi connectivity index (χ2v) is 7.66. The lowest BCUT2D eigenvalue weighted by Gasteiger charge is -2.36. The fourth-order valence-electron chi connectivity index (χ4n) is 3.90. The molecule has 6 nitrogen and oxygen atoms in total. The van der Waals surface area contributed by atoms with E-state index in [0.29, 0.717) is 13.1 Å². The fourth-order valence-corrected chi connectivity index (χ4v) is 3.90. The Bertz CT molecular complexity index is 695. The molecule has 1 aromatic carbocycles. The quantitative estimate of drug-likeness (QED) is 0.647. The number of para-hydroxylation sites is 1. The van der Waals surface area contributed by atoms with Crippen LogP contribution in [-0.2, 0) is 9.59 Å². The van der Waals surface area contributed by atoms with Crippen LogP contribution in [0.1, 0.15) is 32.6 Å². The number of hydrogen-bond donors (Lipinski definition) is 3. The number of likely N-dealkylation sites (tertiary alicyclic amines) is 1. The number of hydrogen-bond acceptors (Lipinski definition) is 4. The molecule has 29 heavy (non-hydrogen) atoms. The molecule has 1 aromatic rings. The number of nitrogens with one attached hydrogen (secondary N) is 3. The van der Waals surface area contributed by atoms with Gasteiger partial charge in [-0.2, -0.15) is 0 Å². The first-order chi connectivity index (χ1) is 13.5. The molecule has 2 aliphatic heterocycles. The number of amides is 2. The zero-order valence-electron chi connectivity index (χ0n) is 16.5. The van der Waals surface area contributed by atoms with Crippen LogP contribution >= 0.6 is 12.4 Å². The van der Waals surface area contributed by atoms with Gasteiger partial charge in [0.25, 0.3) is 0 Å². The third-order valence-corrected chi connectivity index (χ3v) is 5.63. The summed E-state index contributed by atoms with van der Waals surface area (Å²) in [5, 5.41) is 8.56. The van der Waals surface area contributed by atoms with Crippen molar-refractivity contribution < 1.29 is 18.4 Å². The Labute approximate surface area is 176 Å². The first-order valence-corrected chi connectivity index (χ1v) is 9.95. The second kappa shape index (κ2) is 10.8. The SMILES string of the molecule is CC(C(=O)Nc1c(F)cccc1F)N1CCCC(CNC(=O)C2CCCN2)C1.Cl. The number of benzene rings is 1. The molecule has 2 saturated heterocycles. The Kier molecular flexibility index (Phi) is 8.79. The third-order valence-electron chi connectivity index (χ3n) is 5.63. The molecule has 0 aromatic heterocycles. The maximum atomic E-state index is 13.8. The van der Waals surface area contributed by atoms with Gasteiger partial charge in [-0.25, -0.2) is 8.78 Å². The summed E-state index contributed by atoms with van der Waals surface area (Å²) in [6.07, 6.45) is 3.77. The molecule has 9 heteroatoms. The summed E-state index contributed by atoms with van der Waals surface area (Å²) in [6, 6.07) is 2.87. The Hall–Kier alpha value is -1.77. The minimum absolute atomic E-state index is 0. The van der Waals surface area contributed by atoms with Crippen molar-refractivity contribution in [3.8, 4) is 0 Å². The summed E-state index contributed by atoms with van der Waals surface area (Å²) < 4.78 is 27.5. The lowest BCUT2D eigenvalue weighted by molar-refractivity contribution is -0.124. The molecule has 3 unspecified atom stereocenters. The summed E-state index contributed by atoms with van der Waals surface area (Å²) in [4.78, 5) is 26.7. The zero-order valence-corrected chi connectivity index (χ0v) is 17.4. The molecule has 0 bridgehead atoms. The second-order valence-electron chi connectivity index (χ2n) is 7.66. The van der Waals surface area contributed by atoms with Crippen LogP contribution in [0, 0.1) is 17.6 Å². The molecule has 2 amide bonds. The number of nitrogens with zero attached hydrogens (tertiary/aromatic N) is 1.